The number of rotatable bonds is 7. The highest BCUT2D eigenvalue weighted by atomic mass is 35.5. The van der Waals surface area contributed by atoms with Crippen molar-refractivity contribution in [2.24, 2.45) is 5.10 Å². The van der Waals surface area contributed by atoms with E-state index in [2.05, 4.69) is 20.3 Å². The van der Waals surface area contributed by atoms with Crippen LogP contribution in [0.1, 0.15) is 26.3 Å². The highest BCUT2D eigenvalue weighted by Crippen LogP contribution is 2.28. The van der Waals surface area contributed by atoms with Crippen molar-refractivity contribution in [1.82, 2.24) is 20.2 Å². The minimum absolute atomic E-state index is 0.187. The van der Waals surface area contributed by atoms with Crippen molar-refractivity contribution in [2.75, 3.05) is 14.2 Å². The summed E-state index contributed by atoms with van der Waals surface area (Å²) >= 11 is 5.99. The maximum atomic E-state index is 13.4. The molecule has 0 spiro atoms. The molecule has 9 nitrogen and oxygen atoms in total. The van der Waals surface area contributed by atoms with Gasteiger partial charge < -0.3 is 9.47 Å². The Balaban J connectivity index is 1.72. The molecule has 10 heteroatoms. The molecule has 0 saturated heterocycles. The monoisotopic (exact) mass is 489 g/mol. The van der Waals surface area contributed by atoms with Crippen LogP contribution in [0.5, 0.6) is 11.5 Å². The Labute approximate surface area is 206 Å². The van der Waals surface area contributed by atoms with Crippen molar-refractivity contribution in [3.05, 3.63) is 94.9 Å². The second kappa shape index (κ2) is 10.6. The molecule has 2 aromatic heterocycles. The van der Waals surface area contributed by atoms with E-state index in [-0.39, 0.29) is 11.1 Å². The standard InChI is InChI=1S/C25H20ClN5O4/c1-34-21-8-5-18(13-22(21)35-2)25(33)31(24(32)17-9-11-27-12-10-17)29-15-19-14-28-30-23(19)16-3-6-20(26)7-4-16/h3-15H,1-2H3,(H,28,30)/b29-15+. The molecule has 0 unspecified atom stereocenters. The van der Waals surface area contributed by atoms with E-state index >= 15 is 0 Å². The molecule has 2 amide bonds. The molecular formula is C25H20ClN5O4. The van der Waals surface area contributed by atoms with E-state index in [9.17, 15) is 9.59 Å². The number of ether oxygens (including phenoxy) is 2. The molecular weight excluding hydrogens is 470 g/mol. The number of carbonyl (C=O) groups is 2. The lowest BCUT2D eigenvalue weighted by atomic mass is 10.1. The van der Waals surface area contributed by atoms with E-state index in [1.54, 1.807) is 24.4 Å². The number of hydrogen-bond donors (Lipinski definition) is 1. The molecule has 0 aliphatic heterocycles. The normalized spacial score (nSPS) is 10.8. The maximum Gasteiger partial charge on any atom is 0.281 e. The first-order valence-corrected chi connectivity index (χ1v) is 10.7. The van der Waals surface area contributed by atoms with Gasteiger partial charge in [0.25, 0.3) is 11.8 Å². The van der Waals surface area contributed by atoms with Crippen LogP contribution in [-0.4, -0.2) is 52.4 Å². The summed E-state index contributed by atoms with van der Waals surface area (Å²) in [5.41, 5.74) is 2.47. The third kappa shape index (κ3) is 5.20. The quantitative estimate of drug-likeness (QED) is 0.233. The Hall–Kier alpha value is -4.50. The average molecular weight is 490 g/mol. The van der Waals surface area contributed by atoms with Crippen LogP contribution in [0.3, 0.4) is 0 Å². The van der Waals surface area contributed by atoms with Crippen LogP contribution in [0, 0.1) is 0 Å². The summed E-state index contributed by atoms with van der Waals surface area (Å²) in [6, 6.07) is 14.7. The number of H-pyrrole nitrogens is 1. The molecule has 0 fully saturated rings. The average Bonchev–Trinajstić information content (AvgIpc) is 3.37. The van der Waals surface area contributed by atoms with Gasteiger partial charge in [0.15, 0.2) is 11.5 Å². The van der Waals surface area contributed by atoms with Gasteiger partial charge in [-0.1, -0.05) is 23.7 Å². The number of hydrogen-bond acceptors (Lipinski definition) is 7. The van der Waals surface area contributed by atoms with Gasteiger partial charge in [0.05, 0.1) is 32.3 Å². The predicted molar refractivity (Wildman–Crippen MR) is 131 cm³/mol. The van der Waals surface area contributed by atoms with Gasteiger partial charge in [-0.2, -0.15) is 15.2 Å². The Kier molecular flexibility index (Phi) is 7.18. The number of nitrogens with zero attached hydrogens (tertiary/aromatic N) is 4. The molecule has 176 valence electrons. The van der Waals surface area contributed by atoms with E-state index < -0.39 is 11.8 Å². The molecule has 0 atom stereocenters. The fraction of sp³-hybridized carbons (Fsp3) is 0.0800. The van der Waals surface area contributed by atoms with E-state index in [1.807, 2.05) is 12.1 Å². The molecule has 0 saturated carbocycles. The molecule has 0 aliphatic carbocycles. The maximum absolute atomic E-state index is 13.4. The summed E-state index contributed by atoms with van der Waals surface area (Å²) in [5.74, 6) is -0.482. The molecule has 35 heavy (non-hydrogen) atoms. The molecule has 2 heterocycles. The summed E-state index contributed by atoms with van der Waals surface area (Å²) < 4.78 is 10.5. The predicted octanol–water partition coefficient (Wildman–Crippen LogP) is 4.46. The van der Waals surface area contributed by atoms with Crippen molar-refractivity contribution in [3.8, 4) is 22.8 Å². The topological polar surface area (TPSA) is 110 Å². The number of aromatic amines is 1. The summed E-state index contributed by atoms with van der Waals surface area (Å²) in [6.45, 7) is 0. The van der Waals surface area contributed by atoms with Crippen LogP contribution >= 0.6 is 11.6 Å². The number of aromatic nitrogens is 3. The number of benzene rings is 2. The number of imide groups is 1. The van der Waals surface area contributed by atoms with Crippen molar-refractivity contribution in [3.63, 3.8) is 0 Å². The van der Waals surface area contributed by atoms with Crippen molar-refractivity contribution in [2.45, 2.75) is 0 Å². The minimum Gasteiger partial charge on any atom is -0.493 e. The number of halogens is 1. The summed E-state index contributed by atoms with van der Waals surface area (Å²) in [4.78, 5) is 30.6. The second-order valence-electron chi connectivity index (χ2n) is 7.18. The summed E-state index contributed by atoms with van der Waals surface area (Å²) in [7, 11) is 2.95. The Morgan fingerprint density at radius 3 is 2.31 bits per heavy atom. The van der Waals surface area contributed by atoms with Crippen LogP contribution in [0.4, 0.5) is 0 Å². The van der Waals surface area contributed by atoms with Crippen LogP contribution < -0.4 is 9.47 Å². The minimum atomic E-state index is -0.652. The molecule has 2 aromatic carbocycles. The Bertz CT molecular complexity index is 1370. The third-order valence-corrected chi connectivity index (χ3v) is 5.31. The third-order valence-electron chi connectivity index (χ3n) is 5.06. The molecule has 4 rings (SSSR count). The zero-order valence-corrected chi connectivity index (χ0v) is 19.6. The smallest absolute Gasteiger partial charge is 0.281 e. The lowest BCUT2D eigenvalue weighted by molar-refractivity contribution is 0.0621. The molecule has 0 aliphatic rings. The summed E-state index contributed by atoms with van der Waals surface area (Å²) in [6.07, 6.45) is 5.87. The van der Waals surface area contributed by atoms with Crippen molar-refractivity contribution in [1.29, 1.82) is 0 Å². The SMILES string of the molecule is COc1ccc(C(=O)N(/N=C/c2cn[nH]c2-c2ccc(Cl)cc2)C(=O)c2ccncc2)cc1OC. The highest BCUT2D eigenvalue weighted by molar-refractivity contribution is 6.30. The zero-order chi connectivity index (χ0) is 24.8. The summed E-state index contributed by atoms with van der Waals surface area (Å²) in [5, 5.41) is 12.6. The Morgan fingerprint density at radius 1 is 0.943 bits per heavy atom. The molecule has 0 radical (unpaired) electrons. The van der Waals surface area contributed by atoms with Gasteiger partial charge in [0.1, 0.15) is 0 Å². The molecule has 0 bridgehead atoms. The number of pyridine rings is 1. The fourth-order valence-corrected chi connectivity index (χ4v) is 3.39. The first kappa shape index (κ1) is 23.7. The first-order valence-electron chi connectivity index (χ1n) is 10.4. The lowest BCUT2D eigenvalue weighted by Crippen LogP contribution is -2.32. The van der Waals surface area contributed by atoms with Gasteiger partial charge in [-0.3, -0.25) is 19.7 Å². The van der Waals surface area contributed by atoms with Crippen molar-refractivity contribution < 1.29 is 19.1 Å². The van der Waals surface area contributed by atoms with E-state index in [0.29, 0.717) is 27.8 Å². The number of methoxy groups -OCH3 is 2. The van der Waals surface area contributed by atoms with Crippen LogP contribution in [0.25, 0.3) is 11.3 Å². The zero-order valence-electron chi connectivity index (χ0n) is 18.8. The van der Waals surface area contributed by atoms with E-state index in [1.165, 1.54) is 57.1 Å². The first-order chi connectivity index (χ1) is 17.0. The highest BCUT2D eigenvalue weighted by Gasteiger charge is 2.25. The number of nitrogens with one attached hydrogen (secondary N) is 1. The van der Waals surface area contributed by atoms with Crippen LogP contribution in [-0.2, 0) is 0 Å². The largest absolute Gasteiger partial charge is 0.493 e. The van der Waals surface area contributed by atoms with Crippen LogP contribution in [0.2, 0.25) is 5.02 Å². The second-order valence-corrected chi connectivity index (χ2v) is 7.62. The van der Waals surface area contributed by atoms with E-state index in [4.69, 9.17) is 21.1 Å². The van der Waals surface area contributed by atoms with Crippen molar-refractivity contribution >= 4 is 29.6 Å². The van der Waals surface area contributed by atoms with Gasteiger partial charge in [-0.25, -0.2) is 0 Å². The Morgan fingerprint density at radius 2 is 1.63 bits per heavy atom. The molecule has 4 aromatic rings. The number of carbonyl (C=O) groups excluding carboxylic acids is 2. The fourth-order valence-electron chi connectivity index (χ4n) is 3.27. The van der Waals surface area contributed by atoms with Gasteiger partial charge in [-0.15, -0.1) is 0 Å². The van der Waals surface area contributed by atoms with Gasteiger partial charge in [-0.05, 0) is 42.5 Å². The van der Waals surface area contributed by atoms with Gasteiger partial charge in [0.2, 0.25) is 0 Å². The lowest BCUT2D eigenvalue weighted by Gasteiger charge is -2.16. The number of amides is 2. The molecule has 1 N–H and O–H groups in total. The van der Waals surface area contributed by atoms with Crippen LogP contribution in [0.15, 0.2) is 78.3 Å². The number of hydrazone groups is 1. The van der Waals surface area contributed by atoms with Gasteiger partial charge >= 0.3 is 0 Å². The van der Waals surface area contributed by atoms with Gasteiger partial charge in [0, 0.05) is 39.7 Å². The van der Waals surface area contributed by atoms with E-state index in [0.717, 1.165) is 10.6 Å².